The van der Waals surface area contributed by atoms with Crippen molar-refractivity contribution in [2.75, 3.05) is 26.8 Å². The number of ether oxygens (including phenoxy) is 2. The fourth-order valence-electron chi connectivity index (χ4n) is 3.52. The van der Waals surface area contributed by atoms with Crippen molar-refractivity contribution in [3.63, 3.8) is 0 Å². The van der Waals surface area contributed by atoms with E-state index >= 15 is 0 Å². The molecule has 0 aliphatic carbocycles. The molecule has 3 rings (SSSR count). The lowest BCUT2D eigenvalue weighted by Crippen LogP contribution is -2.39. The van der Waals surface area contributed by atoms with Gasteiger partial charge in [0.15, 0.2) is 0 Å². The van der Waals surface area contributed by atoms with Gasteiger partial charge in [-0.25, -0.2) is 0 Å². The van der Waals surface area contributed by atoms with Gasteiger partial charge in [0.25, 0.3) is 0 Å². The minimum Gasteiger partial charge on any atom is -0.497 e. The number of oxime groups is 1. The van der Waals surface area contributed by atoms with Crippen LogP contribution in [0.4, 0.5) is 0 Å². The normalized spacial score (nSPS) is 17.0. The molecule has 0 amide bonds. The van der Waals surface area contributed by atoms with E-state index < -0.39 is 6.10 Å². The van der Waals surface area contributed by atoms with E-state index in [1.165, 1.54) is 0 Å². The van der Waals surface area contributed by atoms with E-state index in [9.17, 15) is 5.11 Å². The van der Waals surface area contributed by atoms with Gasteiger partial charge in [0, 0.05) is 31.1 Å². The highest BCUT2D eigenvalue weighted by Gasteiger charge is 2.26. The summed E-state index contributed by atoms with van der Waals surface area (Å²) in [6.07, 6.45) is 0.103. The molecule has 31 heavy (non-hydrogen) atoms. The zero-order valence-corrected chi connectivity index (χ0v) is 19.1. The van der Waals surface area contributed by atoms with E-state index in [4.69, 9.17) is 25.9 Å². The predicted molar refractivity (Wildman–Crippen MR) is 123 cm³/mol. The first-order valence-corrected chi connectivity index (χ1v) is 10.9. The molecule has 0 saturated carbocycles. The van der Waals surface area contributed by atoms with Crippen molar-refractivity contribution < 1.29 is 19.4 Å². The van der Waals surface area contributed by atoms with Gasteiger partial charge < -0.3 is 19.4 Å². The Morgan fingerprint density at radius 3 is 2.68 bits per heavy atom. The summed E-state index contributed by atoms with van der Waals surface area (Å²) in [7, 11) is 1.65. The van der Waals surface area contributed by atoms with Gasteiger partial charge in [0.1, 0.15) is 11.9 Å². The maximum Gasteiger partial charge on any atom is 0.145 e. The van der Waals surface area contributed by atoms with Gasteiger partial charge in [0.05, 0.1) is 31.6 Å². The standard InChI is InChI=1S/C24H31ClN2O4/c1-17(2)30-16-21(28)14-27(13-18-5-4-6-20(25)11-18)15-23-12-24(26-31-23)19-7-9-22(29-3)10-8-19/h4-11,17,21,23,28H,12-16H2,1-3H3/t21-,23-/m0/s1. The lowest BCUT2D eigenvalue weighted by atomic mass is 10.0. The third-order valence-electron chi connectivity index (χ3n) is 5.00. The molecule has 1 N–H and O–H groups in total. The number of rotatable bonds is 11. The maximum absolute atomic E-state index is 10.5. The molecule has 0 bridgehead atoms. The second kappa shape index (κ2) is 11.5. The van der Waals surface area contributed by atoms with Crippen LogP contribution in [0.15, 0.2) is 53.7 Å². The van der Waals surface area contributed by atoms with Gasteiger partial charge in [-0.1, -0.05) is 28.9 Å². The number of nitrogens with zero attached hydrogens (tertiary/aromatic N) is 2. The number of methoxy groups -OCH3 is 1. The van der Waals surface area contributed by atoms with Crippen LogP contribution in [-0.4, -0.2) is 60.8 Å². The Kier molecular flexibility index (Phi) is 8.72. The van der Waals surface area contributed by atoms with E-state index in [2.05, 4.69) is 10.1 Å². The molecular formula is C24H31ClN2O4. The third kappa shape index (κ3) is 7.51. The summed E-state index contributed by atoms with van der Waals surface area (Å²) >= 11 is 6.16. The van der Waals surface area contributed by atoms with E-state index in [-0.39, 0.29) is 12.2 Å². The molecule has 2 aromatic carbocycles. The largest absolute Gasteiger partial charge is 0.497 e. The third-order valence-corrected chi connectivity index (χ3v) is 5.24. The Hall–Kier alpha value is -2.12. The number of hydrogen-bond donors (Lipinski definition) is 1. The van der Waals surface area contributed by atoms with Crippen LogP contribution in [0.5, 0.6) is 5.75 Å². The maximum atomic E-state index is 10.5. The fourth-order valence-corrected chi connectivity index (χ4v) is 3.73. The van der Waals surface area contributed by atoms with Gasteiger partial charge in [-0.15, -0.1) is 0 Å². The molecule has 0 unspecified atom stereocenters. The molecule has 1 aliphatic rings. The molecule has 0 radical (unpaired) electrons. The van der Waals surface area contributed by atoms with Crippen LogP contribution in [0.2, 0.25) is 5.02 Å². The Morgan fingerprint density at radius 2 is 2.00 bits per heavy atom. The highest BCUT2D eigenvalue weighted by Crippen LogP contribution is 2.21. The Morgan fingerprint density at radius 1 is 1.23 bits per heavy atom. The average Bonchev–Trinajstić information content (AvgIpc) is 3.20. The monoisotopic (exact) mass is 446 g/mol. The number of hydrogen-bond acceptors (Lipinski definition) is 6. The van der Waals surface area contributed by atoms with Crippen LogP contribution >= 0.6 is 11.6 Å². The number of aliphatic hydroxyl groups is 1. The van der Waals surface area contributed by atoms with Crippen LogP contribution in [0.3, 0.4) is 0 Å². The van der Waals surface area contributed by atoms with Crippen molar-refractivity contribution in [3.05, 3.63) is 64.7 Å². The molecule has 2 atom stereocenters. The second-order valence-electron chi connectivity index (χ2n) is 8.06. The van der Waals surface area contributed by atoms with Crippen LogP contribution in [0.25, 0.3) is 0 Å². The summed E-state index contributed by atoms with van der Waals surface area (Å²) in [4.78, 5) is 7.89. The summed E-state index contributed by atoms with van der Waals surface area (Å²) in [6, 6.07) is 15.6. The first kappa shape index (κ1) is 23.5. The van der Waals surface area contributed by atoms with Gasteiger partial charge in [-0.05, 0) is 61.4 Å². The summed E-state index contributed by atoms with van der Waals surface area (Å²) < 4.78 is 10.8. The highest BCUT2D eigenvalue weighted by atomic mass is 35.5. The van der Waals surface area contributed by atoms with Gasteiger partial charge in [-0.2, -0.15) is 0 Å². The topological polar surface area (TPSA) is 63.5 Å². The smallest absolute Gasteiger partial charge is 0.145 e. The lowest BCUT2D eigenvalue weighted by molar-refractivity contribution is -0.0194. The van der Waals surface area contributed by atoms with Crippen LogP contribution < -0.4 is 4.74 Å². The fraction of sp³-hybridized carbons (Fsp3) is 0.458. The number of benzene rings is 2. The summed E-state index contributed by atoms with van der Waals surface area (Å²) in [5.41, 5.74) is 3.02. The highest BCUT2D eigenvalue weighted by molar-refractivity contribution is 6.30. The quantitative estimate of drug-likeness (QED) is 0.562. The van der Waals surface area contributed by atoms with Crippen molar-refractivity contribution >= 4 is 17.3 Å². The molecule has 0 fully saturated rings. The van der Waals surface area contributed by atoms with Crippen molar-refractivity contribution in [1.29, 1.82) is 0 Å². The van der Waals surface area contributed by atoms with Crippen molar-refractivity contribution in [3.8, 4) is 5.75 Å². The van der Waals surface area contributed by atoms with Crippen LogP contribution in [0.1, 0.15) is 31.4 Å². The molecule has 6 nitrogen and oxygen atoms in total. The van der Waals surface area contributed by atoms with Gasteiger partial charge >= 0.3 is 0 Å². The first-order valence-electron chi connectivity index (χ1n) is 10.6. The number of aliphatic hydroxyl groups excluding tert-OH is 1. The van der Waals surface area contributed by atoms with Crippen molar-refractivity contribution in [1.82, 2.24) is 4.90 Å². The molecule has 2 aromatic rings. The van der Waals surface area contributed by atoms with Crippen LogP contribution in [0, 0.1) is 0 Å². The average molecular weight is 447 g/mol. The molecule has 1 heterocycles. The molecule has 7 heteroatoms. The van der Waals surface area contributed by atoms with Crippen molar-refractivity contribution in [2.24, 2.45) is 5.16 Å². The summed E-state index contributed by atoms with van der Waals surface area (Å²) in [6.45, 7) is 5.97. The van der Waals surface area contributed by atoms with E-state index in [0.717, 1.165) is 22.6 Å². The first-order chi connectivity index (χ1) is 14.9. The summed E-state index contributed by atoms with van der Waals surface area (Å²) in [5.74, 6) is 0.810. The SMILES string of the molecule is COc1ccc(C2=NO[C@H](CN(Cc3cccc(Cl)c3)C[C@H](O)COC(C)C)C2)cc1. The van der Waals surface area contributed by atoms with E-state index in [0.29, 0.717) is 37.7 Å². The lowest BCUT2D eigenvalue weighted by Gasteiger charge is -2.27. The minimum absolute atomic E-state index is 0.0784. The minimum atomic E-state index is -0.593. The molecule has 168 valence electrons. The van der Waals surface area contributed by atoms with Crippen LogP contribution in [-0.2, 0) is 16.1 Å². The molecular weight excluding hydrogens is 416 g/mol. The number of halogens is 1. The molecule has 0 aromatic heterocycles. The Bertz CT molecular complexity index is 857. The van der Waals surface area contributed by atoms with E-state index in [1.54, 1.807) is 7.11 Å². The summed E-state index contributed by atoms with van der Waals surface area (Å²) in [5, 5.41) is 15.5. The van der Waals surface area contributed by atoms with Gasteiger partial charge in [0.2, 0.25) is 0 Å². The van der Waals surface area contributed by atoms with Crippen molar-refractivity contribution in [2.45, 2.75) is 45.1 Å². The second-order valence-corrected chi connectivity index (χ2v) is 8.49. The predicted octanol–water partition coefficient (Wildman–Crippen LogP) is 4.13. The molecule has 0 saturated heterocycles. The van der Waals surface area contributed by atoms with Gasteiger partial charge in [-0.3, -0.25) is 4.90 Å². The van der Waals surface area contributed by atoms with E-state index in [1.807, 2.05) is 62.4 Å². The zero-order valence-electron chi connectivity index (χ0n) is 18.3. The zero-order chi connectivity index (χ0) is 22.2. The Balaban J connectivity index is 1.62. The molecule has 1 aliphatic heterocycles. The Labute approximate surface area is 189 Å². The molecule has 0 spiro atoms.